The Bertz CT molecular complexity index is 293. The molecule has 19 heavy (non-hydrogen) atoms. The normalized spacial score (nSPS) is 29.3. The summed E-state index contributed by atoms with van der Waals surface area (Å²) in [6, 6.07) is -0.356. The largest absolute Gasteiger partial charge is 0.353 e. The molecule has 3 unspecified atom stereocenters. The Labute approximate surface area is 118 Å². The molecule has 0 aliphatic heterocycles. The fourth-order valence-corrected chi connectivity index (χ4v) is 3.18. The van der Waals surface area contributed by atoms with Crippen molar-refractivity contribution in [3.05, 3.63) is 0 Å². The summed E-state index contributed by atoms with van der Waals surface area (Å²) in [7, 11) is 4.24. The fraction of sp³-hybridized carbons (Fsp3) is 0.933. The predicted molar refractivity (Wildman–Crippen MR) is 79.9 cm³/mol. The maximum Gasteiger partial charge on any atom is 0.236 e. The third-order valence-corrected chi connectivity index (χ3v) is 4.54. The molecule has 0 heterocycles. The van der Waals surface area contributed by atoms with Gasteiger partial charge in [-0.3, -0.25) is 4.79 Å². The van der Waals surface area contributed by atoms with E-state index in [1.165, 1.54) is 12.8 Å². The molecule has 1 aliphatic carbocycles. The lowest BCUT2D eigenvalue weighted by Gasteiger charge is -2.45. The lowest BCUT2D eigenvalue weighted by molar-refractivity contribution is -0.123. The van der Waals surface area contributed by atoms with Gasteiger partial charge in [0.1, 0.15) is 0 Å². The Morgan fingerprint density at radius 1 is 1.53 bits per heavy atom. The number of hydrogen-bond donors (Lipinski definition) is 2. The van der Waals surface area contributed by atoms with Gasteiger partial charge in [-0.25, -0.2) is 0 Å². The molecular weight excluding hydrogens is 238 g/mol. The molecule has 0 saturated heterocycles. The zero-order valence-electron chi connectivity index (χ0n) is 13.0. The summed E-state index contributed by atoms with van der Waals surface area (Å²) >= 11 is 0. The van der Waals surface area contributed by atoms with Crippen LogP contribution in [0.15, 0.2) is 0 Å². The van der Waals surface area contributed by atoms with Crippen molar-refractivity contribution >= 4 is 5.91 Å². The van der Waals surface area contributed by atoms with Crippen LogP contribution in [-0.4, -0.2) is 43.0 Å². The average Bonchev–Trinajstić information content (AvgIpc) is 2.36. The first-order chi connectivity index (χ1) is 8.91. The van der Waals surface area contributed by atoms with Crippen molar-refractivity contribution in [2.75, 3.05) is 20.6 Å². The van der Waals surface area contributed by atoms with Crippen LogP contribution < -0.4 is 11.1 Å². The van der Waals surface area contributed by atoms with E-state index in [1.54, 1.807) is 0 Å². The van der Waals surface area contributed by atoms with E-state index in [-0.39, 0.29) is 17.5 Å². The Balaban J connectivity index is 2.57. The molecule has 112 valence electrons. The number of carbonyl (C=O) groups excluding carboxylic acids is 1. The van der Waals surface area contributed by atoms with Gasteiger partial charge in [-0.05, 0) is 39.3 Å². The molecule has 1 fully saturated rings. The summed E-state index contributed by atoms with van der Waals surface area (Å²) < 4.78 is 0. The van der Waals surface area contributed by atoms with Crippen LogP contribution in [0.2, 0.25) is 0 Å². The van der Waals surface area contributed by atoms with E-state index in [1.807, 2.05) is 0 Å². The molecule has 3 N–H and O–H groups in total. The molecule has 0 radical (unpaired) electrons. The first kappa shape index (κ1) is 16.4. The molecule has 0 aromatic heterocycles. The van der Waals surface area contributed by atoms with E-state index in [2.05, 4.69) is 38.2 Å². The van der Waals surface area contributed by atoms with Crippen molar-refractivity contribution < 1.29 is 4.79 Å². The Morgan fingerprint density at radius 2 is 2.21 bits per heavy atom. The number of nitrogens with zero attached hydrogens (tertiary/aromatic N) is 1. The van der Waals surface area contributed by atoms with E-state index in [9.17, 15) is 4.79 Å². The summed E-state index contributed by atoms with van der Waals surface area (Å²) in [5, 5.41) is 3.07. The first-order valence-electron chi connectivity index (χ1n) is 7.62. The first-order valence-corrected chi connectivity index (χ1v) is 7.62. The van der Waals surface area contributed by atoms with E-state index in [0.717, 1.165) is 38.1 Å². The van der Waals surface area contributed by atoms with Crippen molar-refractivity contribution in [2.24, 2.45) is 11.7 Å². The molecule has 1 rings (SSSR count). The number of amides is 1. The van der Waals surface area contributed by atoms with Gasteiger partial charge in [-0.2, -0.15) is 0 Å². The van der Waals surface area contributed by atoms with Crippen LogP contribution in [-0.2, 0) is 4.79 Å². The Morgan fingerprint density at radius 3 is 2.74 bits per heavy atom. The Kier molecular flexibility index (Phi) is 6.27. The van der Waals surface area contributed by atoms with Gasteiger partial charge >= 0.3 is 0 Å². The third kappa shape index (κ3) is 4.46. The van der Waals surface area contributed by atoms with E-state index in [4.69, 9.17) is 5.73 Å². The molecule has 1 amide bonds. The molecule has 4 heteroatoms. The van der Waals surface area contributed by atoms with Crippen LogP contribution in [0.4, 0.5) is 0 Å². The van der Waals surface area contributed by atoms with Crippen molar-refractivity contribution in [3.63, 3.8) is 0 Å². The van der Waals surface area contributed by atoms with Crippen molar-refractivity contribution in [1.29, 1.82) is 0 Å². The molecule has 1 aliphatic rings. The predicted octanol–water partition coefficient (Wildman–Crippen LogP) is 1.74. The van der Waals surface area contributed by atoms with Crippen LogP contribution in [0.25, 0.3) is 0 Å². The molecule has 0 aromatic rings. The van der Waals surface area contributed by atoms with Gasteiger partial charge in [-0.1, -0.05) is 33.1 Å². The topological polar surface area (TPSA) is 58.4 Å². The van der Waals surface area contributed by atoms with Gasteiger partial charge in [0.25, 0.3) is 0 Å². The second-order valence-corrected chi connectivity index (χ2v) is 6.43. The SMILES string of the molecule is CCCC(N)C(=O)NCC1(N(C)C)CCCC(C)C1. The smallest absolute Gasteiger partial charge is 0.236 e. The summed E-state index contributed by atoms with van der Waals surface area (Å²) in [6.07, 6.45) is 6.58. The standard InChI is InChI=1S/C15H31N3O/c1-5-7-13(16)14(19)17-11-15(18(3)4)9-6-8-12(2)10-15/h12-13H,5-11,16H2,1-4H3,(H,17,19). The molecule has 3 atom stereocenters. The van der Waals surface area contributed by atoms with Crippen LogP contribution >= 0.6 is 0 Å². The van der Waals surface area contributed by atoms with E-state index < -0.39 is 0 Å². The van der Waals surface area contributed by atoms with Crippen molar-refractivity contribution in [3.8, 4) is 0 Å². The van der Waals surface area contributed by atoms with Gasteiger partial charge in [-0.15, -0.1) is 0 Å². The summed E-state index contributed by atoms with van der Waals surface area (Å²) in [5.41, 5.74) is 5.97. The minimum atomic E-state index is -0.356. The second kappa shape index (κ2) is 7.25. The molecule has 0 spiro atoms. The summed E-state index contributed by atoms with van der Waals surface area (Å²) in [5.74, 6) is 0.735. The number of nitrogens with two attached hydrogens (primary N) is 1. The Hall–Kier alpha value is -0.610. The molecule has 0 aromatic carbocycles. The van der Waals surface area contributed by atoms with Crippen LogP contribution in [0.5, 0.6) is 0 Å². The maximum absolute atomic E-state index is 12.0. The molecule has 4 nitrogen and oxygen atoms in total. The highest BCUT2D eigenvalue weighted by Crippen LogP contribution is 2.35. The lowest BCUT2D eigenvalue weighted by Crippen LogP contribution is -2.56. The van der Waals surface area contributed by atoms with E-state index in [0.29, 0.717) is 0 Å². The summed E-state index contributed by atoms with van der Waals surface area (Å²) in [6.45, 7) is 5.08. The zero-order chi connectivity index (χ0) is 14.5. The van der Waals surface area contributed by atoms with E-state index >= 15 is 0 Å². The third-order valence-electron chi connectivity index (χ3n) is 4.54. The number of rotatable bonds is 6. The monoisotopic (exact) mass is 269 g/mol. The molecule has 0 bridgehead atoms. The quantitative estimate of drug-likeness (QED) is 0.772. The van der Waals surface area contributed by atoms with Gasteiger partial charge in [0, 0.05) is 12.1 Å². The zero-order valence-corrected chi connectivity index (χ0v) is 13.0. The van der Waals surface area contributed by atoms with Crippen LogP contribution in [0.3, 0.4) is 0 Å². The number of hydrogen-bond acceptors (Lipinski definition) is 3. The van der Waals surface area contributed by atoms with Gasteiger partial charge < -0.3 is 16.0 Å². The minimum Gasteiger partial charge on any atom is -0.353 e. The average molecular weight is 269 g/mol. The fourth-order valence-electron chi connectivity index (χ4n) is 3.18. The van der Waals surface area contributed by atoms with Gasteiger partial charge in [0.2, 0.25) is 5.91 Å². The minimum absolute atomic E-state index is 0.00121. The van der Waals surface area contributed by atoms with Crippen molar-refractivity contribution in [2.45, 2.75) is 64.0 Å². The lowest BCUT2D eigenvalue weighted by atomic mass is 9.75. The number of nitrogens with one attached hydrogen (secondary N) is 1. The molecule has 1 saturated carbocycles. The maximum atomic E-state index is 12.0. The van der Waals surface area contributed by atoms with Gasteiger partial charge in [0.05, 0.1) is 6.04 Å². The summed E-state index contributed by atoms with van der Waals surface area (Å²) in [4.78, 5) is 14.3. The van der Waals surface area contributed by atoms with Crippen LogP contribution in [0, 0.1) is 5.92 Å². The number of carbonyl (C=O) groups is 1. The van der Waals surface area contributed by atoms with Crippen molar-refractivity contribution in [1.82, 2.24) is 10.2 Å². The highest BCUT2D eigenvalue weighted by atomic mass is 16.2. The molecular formula is C15H31N3O. The number of likely N-dealkylation sites (N-methyl/N-ethyl adjacent to an activating group) is 1. The second-order valence-electron chi connectivity index (χ2n) is 6.43. The van der Waals surface area contributed by atoms with Gasteiger partial charge in [0.15, 0.2) is 0 Å². The highest BCUT2D eigenvalue weighted by molar-refractivity contribution is 5.81. The van der Waals surface area contributed by atoms with Crippen LogP contribution in [0.1, 0.15) is 52.4 Å². The highest BCUT2D eigenvalue weighted by Gasteiger charge is 2.37.